The molecule has 3 aromatic rings. The Bertz CT molecular complexity index is 860. The number of aryl methyl sites for hydroxylation is 1. The largest absolute Gasteiger partial charge is 0.296 e. The van der Waals surface area contributed by atoms with E-state index in [-0.39, 0.29) is 5.56 Å². The minimum atomic E-state index is 0.133. The van der Waals surface area contributed by atoms with Gasteiger partial charge in [0.25, 0.3) is 5.56 Å². The number of hydrogen-bond donors (Lipinski definition) is 0. The standard InChI is InChI=1S/C19H20N2OS/c22-19-16-11-13-23-18(16)20-17(15-8-4-5-9-15)21(19)12-10-14-6-2-1-3-7-14/h1-3,6-7,11,13,15H,4-5,8-10,12H2. The van der Waals surface area contributed by atoms with Crippen LogP contribution in [0.3, 0.4) is 0 Å². The van der Waals surface area contributed by atoms with Crippen LogP contribution >= 0.6 is 11.3 Å². The van der Waals surface area contributed by atoms with Crippen LogP contribution in [0.4, 0.5) is 0 Å². The molecular formula is C19H20N2OS. The first kappa shape index (κ1) is 14.6. The molecule has 4 heteroatoms. The maximum atomic E-state index is 12.9. The highest BCUT2D eigenvalue weighted by molar-refractivity contribution is 7.16. The molecule has 0 N–H and O–H groups in total. The Hall–Kier alpha value is -1.94. The van der Waals surface area contributed by atoms with Crippen molar-refractivity contribution in [3.63, 3.8) is 0 Å². The van der Waals surface area contributed by atoms with Gasteiger partial charge in [-0.1, -0.05) is 43.2 Å². The number of fused-ring (bicyclic) bond motifs is 1. The zero-order chi connectivity index (χ0) is 15.6. The summed E-state index contributed by atoms with van der Waals surface area (Å²) in [5.41, 5.74) is 1.40. The molecule has 118 valence electrons. The highest BCUT2D eigenvalue weighted by Gasteiger charge is 2.23. The molecule has 23 heavy (non-hydrogen) atoms. The Morgan fingerprint density at radius 3 is 2.70 bits per heavy atom. The number of nitrogens with zero attached hydrogens (tertiary/aromatic N) is 2. The zero-order valence-electron chi connectivity index (χ0n) is 13.1. The van der Waals surface area contributed by atoms with Gasteiger partial charge in [-0.05, 0) is 36.3 Å². The summed E-state index contributed by atoms with van der Waals surface area (Å²) in [5.74, 6) is 1.46. The van der Waals surface area contributed by atoms with Crippen LogP contribution < -0.4 is 5.56 Å². The quantitative estimate of drug-likeness (QED) is 0.715. The Labute approximate surface area is 139 Å². The average molecular weight is 324 g/mol. The van der Waals surface area contributed by atoms with Crippen LogP contribution in [0.1, 0.15) is 43.0 Å². The monoisotopic (exact) mass is 324 g/mol. The molecule has 0 amide bonds. The molecule has 1 saturated carbocycles. The summed E-state index contributed by atoms with van der Waals surface area (Å²) in [7, 11) is 0. The lowest BCUT2D eigenvalue weighted by molar-refractivity contribution is 0.556. The smallest absolute Gasteiger partial charge is 0.262 e. The second-order valence-corrected chi connectivity index (χ2v) is 7.18. The van der Waals surface area contributed by atoms with Crippen LogP contribution in [0.2, 0.25) is 0 Å². The normalized spacial score (nSPS) is 15.5. The van der Waals surface area contributed by atoms with E-state index >= 15 is 0 Å². The summed E-state index contributed by atoms with van der Waals surface area (Å²) in [6, 6.07) is 12.3. The third-order valence-corrected chi connectivity index (χ3v) is 5.61. The van der Waals surface area contributed by atoms with Crippen LogP contribution in [0.25, 0.3) is 10.2 Å². The van der Waals surface area contributed by atoms with Crippen LogP contribution in [0, 0.1) is 0 Å². The van der Waals surface area contributed by atoms with Gasteiger partial charge in [0.15, 0.2) is 0 Å². The van der Waals surface area contributed by atoms with Crippen molar-refractivity contribution < 1.29 is 0 Å². The lowest BCUT2D eigenvalue weighted by Gasteiger charge is -2.17. The molecule has 1 aromatic carbocycles. The molecule has 0 radical (unpaired) electrons. The summed E-state index contributed by atoms with van der Waals surface area (Å²) in [6.45, 7) is 0.716. The number of rotatable bonds is 4. The highest BCUT2D eigenvalue weighted by Crippen LogP contribution is 2.33. The number of hydrogen-bond acceptors (Lipinski definition) is 3. The molecule has 2 aromatic heterocycles. The summed E-state index contributed by atoms with van der Waals surface area (Å²) in [6.07, 6.45) is 5.70. The van der Waals surface area contributed by atoms with E-state index in [1.807, 2.05) is 22.1 Å². The fourth-order valence-electron chi connectivity index (χ4n) is 3.56. The van der Waals surface area contributed by atoms with E-state index in [0.717, 1.165) is 35.3 Å². The molecule has 0 unspecified atom stereocenters. The van der Waals surface area contributed by atoms with Crippen LogP contribution in [0.5, 0.6) is 0 Å². The Morgan fingerprint density at radius 2 is 1.91 bits per heavy atom. The van der Waals surface area contributed by atoms with Crippen LogP contribution in [0.15, 0.2) is 46.6 Å². The van der Waals surface area contributed by atoms with Gasteiger partial charge >= 0.3 is 0 Å². The van der Waals surface area contributed by atoms with Crippen molar-refractivity contribution in [2.45, 2.75) is 44.6 Å². The lowest BCUT2D eigenvalue weighted by Crippen LogP contribution is -2.27. The van der Waals surface area contributed by atoms with Crippen molar-refractivity contribution >= 4 is 21.6 Å². The molecule has 2 heterocycles. The summed E-state index contributed by atoms with van der Waals surface area (Å²) >= 11 is 1.57. The van der Waals surface area contributed by atoms with Gasteiger partial charge in [-0.3, -0.25) is 9.36 Å². The van der Waals surface area contributed by atoms with E-state index in [9.17, 15) is 4.79 Å². The first-order chi connectivity index (χ1) is 11.3. The third kappa shape index (κ3) is 2.83. The Morgan fingerprint density at radius 1 is 1.13 bits per heavy atom. The van der Waals surface area contributed by atoms with Gasteiger partial charge in [0, 0.05) is 12.5 Å². The van der Waals surface area contributed by atoms with E-state index in [4.69, 9.17) is 4.98 Å². The molecule has 1 aliphatic rings. The van der Waals surface area contributed by atoms with Crippen LogP contribution in [-0.2, 0) is 13.0 Å². The summed E-state index contributed by atoms with van der Waals surface area (Å²) < 4.78 is 1.94. The first-order valence-electron chi connectivity index (χ1n) is 8.35. The van der Waals surface area contributed by atoms with E-state index in [0.29, 0.717) is 12.5 Å². The zero-order valence-corrected chi connectivity index (χ0v) is 13.9. The van der Waals surface area contributed by atoms with Gasteiger partial charge in [0.05, 0.1) is 5.39 Å². The molecular weight excluding hydrogens is 304 g/mol. The van der Waals surface area contributed by atoms with Crippen molar-refractivity contribution in [2.24, 2.45) is 0 Å². The van der Waals surface area contributed by atoms with Crippen molar-refractivity contribution in [3.8, 4) is 0 Å². The molecule has 0 aliphatic heterocycles. The van der Waals surface area contributed by atoms with E-state index < -0.39 is 0 Å². The number of aromatic nitrogens is 2. The molecule has 4 rings (SSSR count). The van der Waals surface area contributed by atoms with Crippen LogP contribution in [-0.4, -0.2) is 9.55 Å². The SMILES string of the molecule is O=c1c2ccsc2nc(C2CCCC2)n1CCc1ccccc1. The van der Waals surface area contributed by atoms with Gasteiger partial charge < -0.3 is 0 Å². The molecule has 1 fully saturated rings. The van der Waals surface area contributed by atoms with Gasteiger partial charge in [0.1, 0.15) is 10.7 Å². The average Bonchev–Trinajstić information content (AvgIpc) is 3.26. The van der Waals surface area contributed by atoms with Crippen molar-refractivity contribution in [2.75, 3.05) is 0 Å². The van der Waals surface area contributed by atoms with E-state index in [1.54, 1.807) is 11.3 Å². The molecule has 0 spiro atoms. The number of benzene rings is 1. The summed E-state index contributed by atoms with van der Waals surface area (Å²) in [4.78, 5) is 18.7. The fourth-order valence-corrected chi connectivity index (χ4v) is 4.32. The Balaban J connectivity index is 1.74. The minimum Gasteiger partial charge on any atom is -0.296 e. The minimum absolute atomic E-state index is 0.133. The van der Waals surface area contributed by atoms with Gasteiger partial charge in [-0.25, -0.2) is 4.98 Å². The van der Waals surface area contributed by atoms with Crippen molar-refractivity contribution in [1.29, 1.82) is 0 Å². The maximum absolute atomic E-state index is 12.9. The van der Waals surface area contributed by atoms with Crippen molar-refractivity contribution in [1.82, 2.24) is 9.55 Å². The van der Waals surface area contributed by atoms with Gasteiger partial charge in [0.2, 0.25) is 0 Å². The predicted octanol–water partition coefficient (Wildman–Crippen LogP) is 4.36. The lowest BCUT2D eigenvalue weighted by atomic mass is 10.1. The Kier molecular flexibility index (Phi) is 4.00. The van der Waals surface area contributed by atoms with Gasteiger partial charge in [-0.15, -0.1) is 11.3 Å². The fraction of sp³-hybridized carbons (Fsp3) is 0.368. The third-order valence-electron chi connectivity index (χ3n) is 4.80. The molecule has 3 nitrogen and oxygen atoms in total. The molecule has 1 aliphatic carbocycles. The molecule has 0 saturated heterocycles. The second kappa shape index (κ2) is 6.28. The van der Waals surface area contributed by atoms with E-state index in [2.05, 4.69) is 24.3 Å². The molecule has 0 atom stereocenters. The highest BCUT2D eigenvalue weighted by atomic mass is 32.1. The first-order valence-corrected chi connectivity index (χ1v) is 9.23. The van der Waals surface area contributed by atoms with Gasteiger partial charge in [-0.2, -0.15) is 0 Å². The predicted molar refractivity (Wildman–Crippen MR) is 95.2 cm³/mol. The molecule has 0 bridgehead atoms. The van der Waals surface area contributed by atoms with E-state index in [1.165, 1.54) is 18.4 Å². The second-order valence-electron chi connectivity index (χ2n) is 6.28. The summed E-state index contributed by atoms with van der Waals surface area (Å²) in [5, 5.41) is 2.74. The van der Waals surface area contributed by atoms with Crippen molar-refractivity contribution in [3.05, 3.63) is 63.5 Å². The topological polar surface area (TPSA) is 34.9 Å². The maximum Gasteiger partial charge on any atom is 0.262 e. The number of thiophene rings is 1.